The Morgan fingerprint density at radius 3 is 1.72 bits per heavy atom. The molecule has 0 spiro atoms. The van der Waals surface area contributed by atoms with Crippen molar-refractivity contribution in [1.82, 2.24) is 24.0 Å². The van der Waals surface area contributed by atoms with Gasteiger partial charge < -0.3 is 33.1 Å². The summed E-state index contributed by atoms with van der Waals surface area (Å²) in [7, 11) is 4.19. The molecule has 1 aliphatic heterocycles. The summed E-state index contributed by atoms with van der Waals surface area (Å²) in [6.45, 7) is 14.0. The molecular formula is C61H72N8O7S2. The van der Waals surface area contributed by atoms with Gasteiger partial charge in [-0.2, -0.15) is 4.57 Å². The molecular weight excluding hydrogens is 1020 g/mol. The van der Waals surface area contributed by atoms with Crippen LogP contribution in [-0.4, -0.2) is 119 Å². The quantitative estimate of drug-likeness (QED) is 0.0964. The normalized spacial score (nSPS) is 15.1. The Morgan fingerprint density at radius 1 is 0.667 bits per heavy atom. The van der Waals surface area contributed by atoms with Gasteiger partial charge in [-0.3, -0.25) is 0 Å². The zero-order chi connectivity index (χ0) is 57.2. The first kappa shape index (κ1) is 59.7. The van der Waals surface area contributed by atoms with Gasteiger partial charge in [0, 0.05) is 110 Å². The van der Waals surface area contributed by atoms with Crippen LogP contribution in [0.1, 0.15) is 56.3 Å². The van der Waals surface area contributed by atoms with Crippen molar-refractivity contribution < 1.29 is 40.2 Å². The third-order valence-electron chi connectivity index (χ3n) is 13.6. The molecule has 7 aromatic rings. The van der Waals surface area contributed by atoms with Crippen molar-refractivity contribution in [3.8, 4) is 11.6 Å². The number of aromatic nitrogens is 5. The number of anilines is 1. The number of benzene rings is 2. The van der Waals surface area contributed by atoms with Gasteiger partial charge in [0.15, 0.2) is 11.8 Å². The van der Waals surface area contributed by atoms with E-state index in [2.05, 4.69) is 231 Å². The number of rotatable bonds is 11. The number of hydrogen-bond acceptors (Lipinski definition) is 11. The number of hydrogen-bond donors (Lipinski definition) is 1. The maximum atomic E-state index is 10.4. The molecule has 0 fully saturated rings. The van der Waals surface area contributed by atoms with Crippen molar-refractivity contribution >= 4 is 60.8 Å². The van der Waals surface area contributed by atoms with Crippen molar-refractivity contribution in [2.45, 2.75) is 59.4 Å². The first-order valence-corrected chi connectivity index (χ1v) is 28.4. The van der Waals surface area contributed by atoms with Crippen LogP contribution in [0.2, 0.25) is 0 Å². The van der Waals surface area contributed by atoms with Crippen LogP contribution in [0, 0.1) is 54.4 Å². The number of allylic oxidation sites excluding steroid dienone is 3. The van der Waals surface area contributed by atoms with Gasteiger partial charge >= 0.3 is 0 Å². The summed E-state index contributed by atoms with van der Waals surface area (Å²) in [5.41, 5.74) is 16.6. The second-order valence-corrected chi connectivity index (χ2v) is 22.7. The SMILES string of the molecule is Cc1ccc(S(=O)(=O)[O-])cc1.Cc1cccnc1-n1c(C)cc(/C=C/C2=[N+](C)C3C=CC(N(C)C)=CC3C=C2)c1C.Cc1cccnc1-n1c(C)cc(/C=C/c2ccc3cc(N(C)C)ccc3[n+]2C)c1C.O=S(=O)([O-])CCO. The molecule has 0 bridgehead atoms. The first-order chi connectivity index (χ1) is 36.8. The first-order valence-electron chi connectivity index (χ1n) is 25.4. The monoisotopic (exact) mass is 1090 g/mol. The van der Waals surface area contributed by atoms with Crippen molar-refractivity contribution in [2.24, 2.45) is 13.0 Å². The Balaban J connectivity index is 0.000000193. The van der Waals surface area contributed by atoms with Crippen LogP contribution in [0.15, 0.2) is 150 Å². The molecule has 15 nitrogen and oxygen atoms in total. The summed E-state index contributed by atoms with van der Waals surface area (Å²) >= 11 is 0. The Labute approximate surface area is 461 Å². The molecule has 6 heterocycles. The number of fused-ring (bicyclic) bond motifs is 2. The Kier molecular flexibility index (Phi) is 19.7. The molecule has 2 unspecified atom stereocenters. The van der Waals surface area contributed by atoms with Crippen LogP contribution in [0.5, 0.6) is 0 Å². The number of nitrogens with zero attached hydrogens (tertiary/aromatic N) is 8. The molecule has 17 heteroatoms. The number of pyridine rings is 3. The minimum absolute atomic E-state index is 0.178. The molecule has 1 N–H and O–H groups in total. The van der Waals surface area contributed by atoms with Crippen molar-refractivity contribution in [3.63, 3.8) is 0 Å². The van der Waals surface area contributed by atoms with Crippen LogP contribution < -0.4 is 9.47 Å². The van der Waals surface area contributed by atoms with E-state index in [0.29, 0.717) is 12.0 Å². The highest BCUT2D eigenvalue weighted by Crippen LogP contribution is 2.28. The zero-order valence-electron chi connectivity index (χ0n) is 46.9. The third kappa shape index (κ3) is 14.9. The lowest BCUT2D eigenvalue weighted by Gasteiger charge is -2.26. The van der Waals surface area contributed by atoms with Crippen LogP contribution in [0.3, 0.4) is 0 Å². The van der Waals surface area contributed by atoms with E-state index in [1.54, 1.807) is 12.1 Å². The van der Waals surface area contributed by atoms with Crippen LogP contribution >= 0.6 is 0 Å². The maximum absolute atomic E-state index is 10.4. The lowest BCUT2D eigenvalue weighted by atomic mass is 9.89. The average molecular weight is 1090 g/mol. The summed E-state index contributed by atoms with van der Waals surface area (Å²) < 4.78 is 68.8. The fraction of sp³-hybridized carbons (Fsp3) is 0.279. The smallest absolute Gasteiger partial charge is 0.212 e. The van der Waals surface area contributed by atoms with E-state index in [9.17, 15) is 25.9 Å². The topological polar surface area (TPSA) is 184 Å². The second-order valence-electron chi connectivity index (χ2n) is 19.8. The van der Waals surface area contributed by atoms with Crippen LogP contribution in [0.4, 0.5) is 5.69 Å². The zero-order valence-corrected chi connectivity index (χ0v) is 48.5. The molecule has 2 atom stereocenters. The highest BCUT2D eigenvalue weighted by molar-refractivity contribution is 7.86. The molecule has 5 aromatic heterocycles. The van der Waals surface area contributed by atoms with Crippen LogP contribution in [0.25, 0.3) is 40.8 Å². The minimum Gasteiger partial charge on any atom is -0.748 e. The number of aliphatic hydroxyl groups excluding tert-OH is 1. The van der Waals surface area contributed by atoms with E-state index in [1.165, 1.54) is 90.9 Å². The number of aliphatic hydroxyl groups is 1. The standard InChI is InChI=1S/C26H31N4.C26H29N4.C7H8O3S.C2H6O4S/c2*1-18-8-7-15-27-26(18)30-19(2)16-21(20(30)3)9-11-23-12-10-22-17-24(28(4)5)13-14-25(22)29(23)6;1-6-2-4-7(5-3-6)11(8,9)10;3-1-2-7(4,5)6/h7-17,22,25H,1-6H3;7-17H,1-6H3;2-5H,1H3,(H,8,9,10);3H,1-2H2,(H,4,5,6)/q2*+1;;/p-2. The van der Waals surface area contributed by atoms with Crippen molar-refractivity contribution in [2.75, 3.05) is 52.5 Å². The number of aryl methyl sites for hydroxylation is 6. The van der Waals surface area contributed by atoms with E-state index >= 15 is 0 Å². The lowest BCUT2D eigenvalue weighted by Crippen LogP contribution is -2.36. The number of likely N-dealkylation sites (N-methyl/N-ethyl adjacent to an activating group) is 2. The highest BCUT2D eigenvalue weighted by Gasteiger charge is 2.31. The molecule has 9 rings (SSSR count). The highest BCUT2D eigenvalue weighted by atomic mass is 32.2. The van der Waals surface area contributed by atoms with Crippen molar-refractivity contribution in [3.05, 3.63) is 202 Å². The van der Waals surface area contributed by atoms with Gasteiger partial charge in [-0.1, -0.05) is 35.9 Å². The largest absolute Gasteiger partial charge is 0.748 e. The molecule has 0 radical (unpaired) electrons. The molecule has 410 valence electrons. The molecule has 1 aliphatic carbocycles. The summed E-state index contributed by atoms with van der Waals surface area (Å²) in [5.74, 6) is 1.73. The van der Waals surface area contributed by atoms with E-state index < -0.39 is 32.6 Å². The van der Waals surface area contributed by atoms with Gasteiger partial charge in [-0.15, -0.1) is 0 Å². The van der Waals surface area contributed by atoms with Gasteiger partial charge in [0.05, 0.1) is 33.3 Å². The molecule has 2 aliphatic rings. The van der Waals surface area contributed by atoms with Gasteiger partial charge in [-0.05, 0) is 156 Å². The van der Waals surface area contributed by atoms with Gasteiger partial charge in [-0.25, -0.2) is 31.4 Å². The Bertz CT molecular complexity index is 3710. The average Bonchev–Trinajstić information content (AvgIpc) is 3.85. The summed E-state index contributed by atoms with van der Waals surface area (Å²) in [4.78, 5) is 13.3. The predicted octanol–water partition coefficient (Wildman–Crippen LogP) is 8.90. The van der Waals surface area contributed by atoms with E-state index in [4.69, 9.17) is 5.11 Å². The van der Waals surface area contributed by atoms with E-state index in [0.717, 1.165) is 17.2 Å². The predicted molar refractivity (Wildman–Crippen MR) is 312 cm³/mol. The van der Waals surface area contributed by atoms with Gasteiger partial charge in [0.2, 0.25) is 11.2 Å². The lowest BCUT2D eigenvalue weighted by molar-refractivity contribution is -0.646. The molecule has 0 saturated carbocycles. The van der Waals surface area contributed by atoms with Crippen LogP contribution in [-0.2, 0) is 27.3 Å². The minimum atomic E-state index is -4.27. The Hall–Kier alpha value is -7.54. The van der Waals surface area contributed by atoms with Gasteiger partial charge in [0.1, 0.15) is 35.8 Å². The Morgan fingerprint density at radius 2 is 1.23 bits per heavy atom. The molecule has 0 amide bonds. The fourth-order valence-corrected chi connectivity index (χ4v) is 9.90. The fourth-order valence-electron chi connectivity index (χ4n) is 9.21. The summed E-state index contributed by atoms with van der Waals surface area (Å²) in [5, 5.41) is 9.06. The van der Waals surface area contributed by atoms with E-state index in [-0.39, 0.29) is 4.90 Å². The maximum Gasteiger partial charge on any atom is 0.212 e. The second kappa shape index (κ2) is 25.7. The molecule has 2 aromatic carbocycles. The molecule has 0 saturated heterocycles. The summed E-state index contributed by atoms with van der Waals surface area (Å²) in [6.07, 6.45) is 24.0. The van der Waals surface area contributed by atoms with Crippen molar-refractivity contribution in [1.29, 1.82) is 0 Å². The van der Waals surface area contributed by atoms with Gasteiger partial charge in [0.25, 0.3) is 0 Å². The van der Waals surface area contributed by atoms with E-state index in [1.807, 2.05) is 31.5 Å². The third-order valence-corrected chi connectivity index (χ3v) is 15.2. The summed E-state index contributed by atoms with van der Waals surface area (Å²) in [6, 6.07) is 29.8. The molecule has 78 heavy (non-hydrogen) atoms.